The largest absolute Gasteiger partial charge is 0.494 e. The number of carbonyl (C=O) groups is 2. The maximum absolute atomic E-state index is 12.6. The van der Waals surface area contributed by atoms with Gasteiger partial charge < -0.3 is 19.8 Å². The van der Waals surface area contributed by atoms with Gasteiger partial charge in [-0.3, -0.25) is 14.2 Å². The van der Waals surface area contributed by atoms with Crippen molar-refractivity contribution in [2.24, 2.45) is 0 Å². The normalized spacial score (nSPS) is 12.3. The molecule has 3 N–H and O–H groups in total. The topological polar surface area (TPSA) is 113 Å². The van der Waals surface area contributed by atoms with Gasteiger partial charge in [0, 0.05) is 6.42 Å². The Morgan fingerprint density at radius 1 is 0.769 bits per heavy atom. The van der Waals surface area contributed by atoms with Gasteiger partial charge >= 0.3 is 7.60 Å². The van der Waals surface area contributed by atoms with Crippen LogP contribution in [0.25, 0.3) is 0 Å². The predicted molar refractivity (Wildman–Crippen MR) is 159 cm³/mol. The van der Waals surface area contributed by atoms with Crippen LogP contribution in [0.3, 0.4) is 0 Å². The zero-order valence-electron chi connectivity index (χ0n) is 24.5. The van der Waals surface area contributed by atoms with Gasteiger partial charge in [0.1, 0.15) is 11.9 Å². The molecular formula is C31H54NO6P. The highest BCUT2D eigenvalue weighted by molar-refractivity contribution is 7.52. The van der Waals surface area contributed by atoms with Crippen molar-refractivity contribution in [1.29, 1.82) is 0 Å². The number of unbranched alkanes of at least 4 members (excludes halogenated alkanes) is 14. The second-order valence-corrected chi connectivity index (χ2v) is 12.5. The standard InChI is InChI=1S/C31H54NO6P/c1-3-5-7-8-9-10-11-12-13-14-15-16-17-19-31(34)32-29(30(33)26-39(35,36)37)25-27-20-22-28(23-21-27)38-24-18-6-4-2/h20-23,29H,3-19,24-26H2,1-2H3,(H,32,34)(H2,35,36,37)/t29-/m0/s1. The molecule has 0 unspecified atom stereocenters. The number of ether oxygens (including phenoxy) is 1. The lowest BCUT2D eigenvalue weighted by Gasteiger charge is -2.18. The SMILES string of the molecule is CCCCCCCCCCCCCCCC(=O)N[C@@H](Cc1ccc(OCCCCC)cc1)C(=O)CP(=O)(O)O. The lowest BCUT2D eigenvalue weighted by Crippen LogP contribution is -2.43. The smallest absolute Gasteiger partial charge is 0.333 e. The van der Waals surface area contributed by atoms with Crippen molar-refractivity contribution in [2.75, 3.05) is 12.8 Å². The van der Waals surface area contributed by atoms with Gasteiger partial charge in [-0.2, -0.15) is 0 Å². The summed E-state index contributed by atoms with van der Waals surface area (Å²) in [7, 11) is -4.52. The Kier molecular flexibility index (Phi) is 20.0. The Bertz CT molecular complexity index is 823. The van der Waals surface area contributed by atoms with Crippen molar-refractivity contribution >= 4 is 19.3 Å². The Morgan fingerprint density at radius 2 is 1.26 bits per heavy atom. The number of carbonyl (C=O) groups excluding carboxylic acids is 2. The van der Waals surface area contributed by atoms with Crippen LogP contribution >= 0.6 is 7.60 Å². The fourth-order valence-corrected chi connectivity index (χ4v) is 5.25. The van der Waals surface area contributed by atoms with Gasteiger partial charge in [0.25, 0.3) is 0 Å². The summed E-state index contributed by atoms with van der Waals surface area (Å²) in [5.41, 5.74) is 0.793. The quantitative estimate of drug-likeness (QED) is 0.0832. The molecule has 0 saturated carbocycles. The molecule has 0 aliphatic carbocycles. The first kappa shape index (κ1) is 35.3. The van der Waals surface area contributed by atoms with Crippen LogP contribution in [0.5, 0.6) is 5.75 Å². The molecule has 39 heavy (non-hydrogen) atoms. The summed E-state index contributed by atoms with van der Waals surface area (Å²) in [5, 5.41) is 2.73. The first-order valence-electron chi connectivity index (χ1n) is 15.3. The molecule has 224 valence electrons. The molecular weight excluding hydrogens is 513 g/mol. The molecule has 0 aliphatic rings. The molecule has 1 aromatic carbocycles. The zero-order chi connectivity index (χ0) is 28.8. The number of amides is 1. The van der Waals surface area contributed by atoms with Gasteiger partial charge in [-0.25, -0.2) is 0 Å². The first-order valence-corrected chi connectivity index (χ1v) is 17.1. The van der Waals surface area contributed by atoms with Crippen LogP contribution < -0.4 is 10.1 Å². The van der Waals surface area contributed by atoms with Crippen LogP contribution in [0.4, 0.5) is 0 Å². The van der Waals surface area contributed by atoms with Crippen molar-refractivity contribution in [3.05, 3.63) is 29.8 Å². The van der Waals surface area contributed by atoms with E-state index in [-0.39, 0.29) is 12.3 Å². The minimum Gasteiger partial charge on any atom is -0.494 e. The van der Waals surface area contributed by atoms with Crippen molar-refractivity contribution in [3.8, 4) is 5.75 Å². The van der Waals surface area contributed by atoms with Crippen molar-refractivity contribution < 1.29 is 28.7 Å². The van der Waals surface area contributed by atoms with E-state index in [1.807, 2.05) is 24.3 Å². The molecule has 1 rings (SSSR count). The first-order chi connectivity index (χ1) is 18.7. The third-order valence-electron chi connectivity index (χ3n) is 6.97. The van der Waals surface area contributed by atoms with Gasteiger partial charge in [0.05, 0.1) is 12.6 Å². The minimum atomic E-state index is -4.52. The average molecular weight is 568 g/mol. The molecule has 7 nitrogen and oxygen atoms in total. The summed E-state index contributed by atoms with van der Waals surface area (Å²) in [6.45, 7) is 5.02. The molecule has 8 heteroatoms. The highest BCUT2D eigenvalue weighted by atomic mass is 31.2. The van der Waals surface area contributed by atoms with Crippen LogP contribution in [0.15, 0.2) is 24.3 Å². The molecule has 0 spiro atoms. The highest BCUT2D eigenvalue weighted by Crippen LogP contribution is 2.34. The molecule has 0 heterocycles. The number of hydrogen-bond acceptors (Lipinski definition) is 4. The van der Waals surface area contributed by atoms with E-state index in [1.54, 1.807) is 0 Å². The number of Topliss-reactive ketones (excluding diaryl/α,β-unsaturated/α-hetero) is 1. The highest BCUT2D eigenvalue weighted by Gasteiger charge is 2.27. The van der Waals surface area contributed by atoms with Crippen LogP contribution in [-0.2, 0) is 20.6 Å². The van der Waals surface area contributed by atoms with Crippen molar-refractivity contribution in [2.45, 2.75) is 135 Å². The Hall–Kier alpha value is -1.69. The van der Waals surface area contributed by atoms with Gasteiger partial charge in [0.15, 0.2) is 5.78 Å². The molecule has 0 aromatic heterocycles. The second-order valence-electron chi connectivity index (χ2n) is 10.8. The summed E-state index contributed by atoms with van der Waals surface area (Å²) in [6.07, 6.45) is 18.7. The van der Waals surface area contributed by atoms with E-state index in [0.29, 0.717) is 13.0 Å². The van der Waals surface area contributed by atoms with E-state index in [4.69, 9.17) is 4.74 Å². The summed E-state index contributed by atoms with van der Waals surface area (Å²) >= 11 is 0. The van der Waals surface area contributed by atoms with Gasteiger partial charge in [0.2, 0.25) is 5.91 Å². The minimum absolute atomic E-state index is 0.180. The maximum atomic E-state index is 12.6. The van der Waals surface area contributed by atoms with E-state index < -0.39 is 25.6 Å². The van der Waals surface area contributed by atoms with Crippen LogP contribution in [0.1, 0.15) is 129 Å². The molecule has 0 bridgehead atoms. The number of benzene rings is 1. The van der Waals surface area contributed by atoms with E-state index in [0.717, 1.165) is 49.8 Å². The molecule has 0 radical (unpaired) electrons. The summed E-state index contributed by atoms with van der Waals surface area (Å²) in [4.78, 5) is 43.8. The van der Waals surface area contributed by atoms with Crippen LogP contribution in [0, 0.1) is 0 Å². The predicted octanol–water partition coefficient (Wildman–Crippen LogP) is 7.51. The Morgan fingerprint density at radius 3 is 1.77 bits per heavy atom. The third-order valence-corrected chi connectivity index (χ3v) is 7.70. The fraction of sp³-hybridized carbons (Fsp3) is 0.742. The lowest BCUT2D eigenvalue weighted by atomic mass is 10.0. The Labute approximate surface area is 237 Å². The maximum Gasteiger partial charge on any atom is 0.333 e. The van der Waals surface area contributed by atoms with Crippen molar-refractivity contribution in [3.63, 3.8) is 0 Å². The zero-order valence-corrected chi connectivity index (χ0v) is 25.4. The molecule has 1 amide bonds. The van der Waals surface area contributed by atoms with E-state index >= 15 is 0 Å². The van der Waals surface area contributed by atoms with Crippen LogP contribution in [-0.4, -0.2) is 40.3 Å². The van der Waals surface area contributed by atoms with E-state index in [9.17, 15) is 23.9 Å². The number of rotatable bonds is 25. The average Bonchev–Trinajstić information content (AvgIpc) is 2.89. The second kappa shape index (κ2) is 22.1. The molecule has 0 saturated heterocycles. The van der Waals surface area contributed by atoms with E-state index in [1.165, 1.54) is 64.2 Å². The molecule has 0 aliphatic heterocycles. The lowest BCUT2D eigenvalue weighted by molar-refractivity contribution is -0.126. The molecule has 0 fully saturated rings. The number of ketones is 1. The van der Waals surface area contributed by atoms with Gasteiger partial charge in [-0.1, -0.05) is 116 Å². The number of hydrogen-bond donors (Lipinski definition) is 3. The molecule has 1 atom stereocenters. The summed E-state index contributed by atoms with van der Waals surface area (Å²) < 4.78 is 17.1. The number of nitrogens with one attached hydrogen (secondary N) is 1. The van der Waals surface area contributed by atoms with E-state index in [2.05, 4.69) is 19.2 Å². The molecule has 1 aromatic rings. The van der Waals surface area contributed by atoms with Crippen LogP contribution in [0.2, 0.25) is 0 Å². The van der Waals surface area contributed by atoms with Gasteiger partial charge in [-0.15, -0.1) is 0 Å². The van der Waals surface area contributed by atoms with Gasteiger partial charge in [-0.05, 0) is 37.0 Å². The van der Waals surface area contributed by atoms with Crippen molar-refractivity contribution in [1.82, 2.24) is 5.32 Å². The summed E-state index contributed by atoms with van der Waals surface area (Å²) in [6, 6.07) is 6.32. The monoisotopic (exact) mass is 567 g/mol. The third kappa shape index (κ3) is 19.9. The Balaban J connectivity index is 2.38. The fourth-order valence-electron chi connectivity index (χ4n) is 4.63. The summed E-state index contributed by atoms with van der Waals surface area (Å²) in [5.74, 6) is -0.167.